The molecule has 0 bridgehead atoms. The molecule has 0 spiro atoms. The highest BCUT2D eigenvalue weighted by Crippen LogP contribution is 2.44. The Balaban J connectivity index is 2.09. The number of hydrogen-bond acceptors (Lipinski definition) is 6. The molecule has 202 valence electrons. The number of nitrogens with two attached hydrogens (primary N) is 1. The van der Waals surface area contributed by atoms with Crippen molar-refractivity contribution in [3.63, 3.8) is 0 Å². The van der Waals surface area contributed by atoms with E-state index in [1.54, 1.807) is 0 Å². The fraction of sp³-hybridized carbons (Fsp3) is 0.136. The van der Waals surface area contributed by atoms with Crippen LogP contribution in [0.3, 0.4) is 0 Å². The number of carbonyl (C=O) groups excluding carboxylic acids is 2. The number of hydrogen-bond donors (Lipinski definition) is 2. The Hall–Kier alpha value is -4.08. The first kappa shape index (κ1) is 28.5. The van der Waals surface area contributed by atoms with Crippen molar-refractivity contribution >= 4 is 33.4 Å². The average Bonchev–Trinajstić information content (AvgIpc) is 2.79. The molecule has 0 fully saturated rings. The van der Waals surface area contributed by atoms with Crippen molar-refractivity contribution in [2.24, 2.45) is 5.73 Å². The molecule has 0 saturated carbocycles. The van der Waals surface area contributed by atoms with Crippen LogP contribution in [0.15, 0.2) is 47.1 Å². The molecule has 3 aromatic rings. The lowest BCUT2D eigenvalue weighted by Crippen LogP contribution is -2.18. The van der Waals surface area contributed by atoms with E-state index in [4.69, 9.17) is 15.2 Å². The van der Waals surface area contributed by atoms with Crippen LogP contribution in [0.1, 0.15) is 26.4 Å². The lowest BCUT2D eigenvalue weighted by Gasteiger charge is -2.19. The van der Waals surface area contributed by atoms with Gasteiger partial charge < -0.3 is 25.3 Å². The van der Waals surface area contributed by atoms with Gasteiger partial charge in [-0.05, 0) is 52.3 Å². The lowest BCUT2D eigenvalue weighted by molar-refractivity contribution is -0.275. The predicted octanol–water partition coefficient (Wildman–Crippen LogP) is 6.05. The third kappa shape index (κ3) is 6.42. The van der Waals surface area contributed by atoms with Crippen LogP contribution in [0.4, 0.5) is 36.4 Å². The summed E-state index contributed by atoms with van der Waals surface area (Å²) in [5, 5.41) is 2.26. The van der Waals surface area contributed by atoms with Crippen LogP contribution in [0.2, 0.25) is 0 Å². The quantitative estimate of drug-likeness (QED) is 0.314. The number of benzene rings is 2. The highest BCUT2D eigenvalue weighted by Gasteiger charge is 2.37. The zero-order chi connectivity index (χ0) is 28.4. The van der Waals surface area contributed by atoms with Gasteiger partial charge in [-0.2, -0.15) is 17.6 Å². The number of ether oxygens (including phenoxy) is 3. The lowest BCUT2D eigenvalue weighted by atomic mass is 10.1. The third-order valence-electron chi connectivity index (χ3n) is 4.58. The van der Waals surface area contributed by atoms with Crippen molar-refractivity contribution < 1.29 is 54.5 Å². The number of nitrogens with zero attached hydrogens (tertiary/aromatic N) is 1. The van der Waals surface area contributed by atoms with E-state index in [2.05, 4.69) is 31.0 Å². The molecule has 3 N–H and O–H groups in total. The summed E-state index contributed by atoms with van der Waals surface area (Å²) in [6, 6.07) is 4.89. The summed E-state index contributed by atoms with van der Waals surface area (Å²) in [5.74, 6) is -7.09. The number of rotatable bonds is 7. The van der Waals surface area contributed by atoms with Gasteiger partial charge in [0.05, 0.1) is 18.2 Å². The molecule has 8 nitrogen and oxygen atoms in total. The topological polar surface area (TPSA) is 113 Å². The molecular weight excluding hydrogens is 599 g/mol. The molecule has 3 rings (SSSR count). The molecular formula is C22H13BrF7N3O5. The van der Waals surface area contributed by atoms with E-state index >= 15 is 0 Å². The molecule has 38 heavy (non-hydrogen) atoms. The fourth-order valence-electron chi connectivity index (χ4n) is 3.02. The van der Waals surface area contributed by atoms with Crippen molar-refractivity contribution in [1.29, 1.82) is 0 Å². The highest BCUT2D eigenvalue weighted by molar-refractivity contribution is 9.10. The molecule has 1 aromatic heterocycles. The van der Waals surface area contributed by atoms with E-state index in [1.165, 1.54) is 6.07 Å². The largest absolute Gasteiger partial charge is 0.573 e. The summed E-state index contributed by atoms with van der Waals surface area (Å²) in [6.07, 6.45) is -9.06. The van der Waals surface area contributed by atoms with Crippen LogP contribution < -0.4 is 25.3 Å². The van der Waals surface area contributed by atoms with Crippen LogP contribution in [0, 0.1) is 5.82 Å². The number of methoxy groups -OCH3 is 1. The summed E-state index contributed by atoms with van der Waals surface area (Å²) in [5.41, 5.74) is 2.77. The Morgan fingerprint density at radius 3 is 2.21 bits per heavy atom. The number of nitrogens with one attached hydrogen (secondary N) is 1. The number of alkyl halides is 6. The van der Waals surface area contributed by atoms with E-state index in [-0.39, 0.29) is 11.4 Å². The third-order valence-corrected chi connectivity index (χ3v) is 5.41. The minimum Gasteiger partial charge on any atom is -0.490 e. The number of anilines is 1. The first-order valence-corrected chi connectivity index (χ1v) is 10.7. The van der Waals surface area contributed by atoms with Crippen LogP contribution in [-0.4, -0.2) is 30.3 Å². The van der Waals surface area contributed by atoms with E-state index in [0.717, 1.165) is 31.5 Å². The minimum atomic E-state index is -5.24. The van der Waals surface area contributed by atoms with Crippen LogP contribution in [-0.2, 0) is 6.18 Å². The number of pyridine rings is 1. The Labute approximate surface area is 216 Å². The summed E-state index contributed by atoms with van der Waals surface area (Å²) in [6.45, 7) is 0. The van der Waals surface area contributed by atoms with E-state index in [9.17, 15) is 40.3 Å². The number of primary amides is 1. The van der Waals surface area contributed by atoms with Crippen molar-refractivity contribution in [1.82, 2.24) is 4.98 Å². The Bertz CT molecular complexity index is 1400. The molecule has 1 heterocycles. The van der Waals surface area contributed by atoms with Gasteiger partial charge in [0, 0.05) is 16.4 Å². The minimum absolute atomic E-state index is 0.0775. The number of amides is 2. The number of carbonyl (C=O) groups is 2. The first-order chi connectivity index (χ1) is 17.6. The molecule has 0 aliphatic heterocycles. The molecule has 0 aliphatic carbocycles. The molecule has 0 atom stereocenters. The smallest absolute Gasteiger partial charge is 0.490 e. The maximum absolute atomic E-state index is 14.6. The number of halogens is 8. The van der Waals surface area contributed by atoms with E-state index < -0.39 is 68.8 Å². The van der Waals surface area contributed by atoms with Gasteiger partial charge in [-0.25, -0.2) is 0 Å². The molecule has 16 heteroatoms. The predicted molar refractivity (Wildman–Crippen MR) is 120 cm³/mol. The van der Waals surface area contributed by atoms with Crippen molar-refractivity contribution in [3.8, 4) is 23.0 Å². The zero-order valence-corrected chi connectivity index (χ0v) is 20.2. The van der Waals surface area contributed by atoms with Gasteiger partial charge in [0.1, 0.15) is 11.4 Å². The van der Waals surface area contributed by atoms with Crippen LogP contribution in [0.25, 0.3) is 0 Å². The summed E-state index contributed by atoms with van der Waals surface area (Å²) >= 11 is 2.73. The molecule has 2 aromatic carbocycles. The van der Waals surface area contributed by atoms with Gasteiger partial charge in [-0.15, -0.1) is 13.2 Å². The van der Waals surface area contributed by atoms with Gasteiger partial charge in [-0.3, -0.25) is 14.6 Å². The first-order valence-electron chi connectivity index (χ1n) is 9.89. The van der Waals surface area contributed by atoms with E-state index in [1.807, 2.05) is 0 Å². The molecule has 0 unspecified atom stereocenters. The summed E-state index contributed by atoms with van der Waals surface area (Å²) in [4.78, 5) is 28.1. The van der Waals surface area contributed by atoms with Gasteiger partial charge in [0.2, 0.25) is 11.6 Å². The second-order valence-corrected chi connectivity index (χ2v) is 7.90. The molecule has 0 saturated heterocycles. The normalized spacial score (nSPS) is 11.6. The fourth-order valence-corrected chi connectivity index (χ4v) is 3.76. The summed E-state index contributed by atoms with van der Waals surface area (Å²) < 4.78 is 106. The maximum atomic E-state index is 14.6. The van der Waals surface area contributed by atoms with Crippen molar-refractivity contribution in [3.05, 3.63) is 69.7 Å². The maximum Gasteiger partial charge on any atom is 0.573 e. The Morgan fingerprint density at radius 2 is 1.63 bits per heavy atom. The zero-order valence-electron chi connectivity index (χ0n) is 18.6. The van der Waals surface area contributed by atoms with Crippen molar-refractivity contribution in [2.75, 3.05) is 12.4 Å². The second kappa shape index (κ2) is 10.7. The van der Waals surface area contributed by atoms with Gasteiger partial charge in [0.15, 0.2) is 11.5 Å². The molecule has 0 aliphatic rings. The van der Waals surface area contributed by atoms with Gasteiger partial charge in [-0.1, -0.05) is 0 Å². The van der Waals surface area contributed by atoms with Gasteiger partial charge in [0.25, 0.3) is 11.8 Å². The second-order valence-electron chi connectivity index (χ2n) is 7.11. The van der Waals surface area contributed by atoms with Crippen molar-refractivity contribution in [2.45, 2.75) is 12.5 Å². The average molecular weight is 612 g/mol. The molecule has 2 amide bonds. The standard InChI is InChI=1S/C22H13BrF7N3O5/c1-36-18-14(5-4-13(17(18)24)38-22(28,29)30)37-12-3-2-10(21(25,26)27)16(23)15(12)20(35)33-9-6-7-32-11(8-9)19(31)34/h2-8H,1H3,(H2,31,34)(H,32,33,35). The molecule has 0 radical (unpaired) electrons. The number of aromatic nitrogens is 1. The summed E-state index contributed by atoms with van der Waals surface area (Å²) in [7, 11) is 0.888. The van der Waals surface area contributed by atoms with E-state index in [0.29, 0.717) is 12.1 Å². The Morgan fingerprint density at radius 1 is 1.00 bits per heavy atom. The van der Waals surface area contributed by atoms with Crippen LogP contribution in [0.5, 0.6) is 23.0 Å². The highest BCUT2D eigenvalue weighted by atomic mass is 79.9. The van der Waals surface area contributed by atoms with Crippen LogP contribution >= 0.6 is 15.9 Å². The SMILES string of the molecule is COc1c(Oc2ccc(C(F)(F)F)c(Br)c2C(=O)Nc2ccnc(C(N)=O)c2)ccc(OC(F)(F)F)c1F. The Kier molecular flexibility index (Phi) is 8.04. The monoisotopic (exact) mass is 611 g/mol. The van der Waals surface area contributed by atoms with Gasteiger partial charge >= 0.3 is 12.5 Å².